The Bertz CT molecular complexity index is 1070. The molecule has 0 bridgehead atoms. The maximum absolute atomic E-state index is 12.4. The van der Waals surface area contributed by atoms with Crippen molar-refractivity contribution >= 4 is 29.0 Å². The van der Waals surface area contributed by atoms with E-state index in [9.17, 15) is 14.9 Å². The van der Waals surface area contributed by atoms with Crippen LogP contribution in [-0.4, -0.2) is 31.3 Å². The van der Waals surface area contributed by atoms with E-state index in [0.717, 1.165) is 11.3 Å². The summed E-state index contributed by atoms with van der Waals surface area (Å²) < 4.78 is 7.19. The summed E-state index contributed by atoms with van der Waals surface area (Å²) in [7, 11) is 0. The lowest BCUT2D eigenvalue weighted by Gasteiger charge is -2.09. The molecule has 1 aromatic carbocycles. The molecular formula is C19H19N5O4S. The molecule has 0 spiro atoms. The Labute approximate surface area is 171 Å². The number of aromatic nitrogens is 3. The smallest absolute Gasteiger partial charge is 0.274 e. The van der Waals surface area contributed by atoms with Gasteiger partial charge >= 0.3 is 0 Å². The molecule has 9 nitrogen and oxygen atoms in total. The summed E-state index contributed by atoms with van der Waals surface area (Å²) in [5, 5.41) is 22.7. The van der Waals surface area contributed by atoms with Crippen molar-refractivity contribution in [3.63, 3.8) is 0 Å². The van der Waals surface area contributed by atoms with E-state index >= 15 is 0 Å². The third-order valence-electron chi connectivity index (χ3n) is 4.24. The molecule has 29 heavy (non-hydrogen) atoms. The minimum atomic E-state index is -0.475. The second-order valence-electron chi connectivity index (χ2n) is 6.14. The van der Waals surface area contributed by atoms with E-state index in [0.29, 0.717) is 28.8 Å². The number of hydrogen-bond donors (Lipinski definition) is 1. The summed E-state index contributed by atoms with van der Waals surface area (Å²) in [6, 6.07) is 6.38. The highest BCUT2D eigenvalue weighted by Crippen LogP contribution is 2.28. The number of amides is 1. The molecule has 0 aliphatic rings. The number of rotatable bonds is 8. The van der Waals surface area contributed by atoms with Gasteiger partial charge in [0.25, 0.3) is 5.69 Å². The molecule has 3 aromatic rings. The predicted octanol–water partition coefficient (Wildman–Crippen LogP) is 3.98. The molecule has 3 rings (SSSR count). The van der Waals surface area contributed by atoms with Crippen LogP contribution in [0, 0.1) is 24.0 Å². The molecule has 1 amide bonds. The highest BCUT2D eigenvalue weighted by atomic mass is 32.2. The number of nitro benzene ring substituents is 1. The van der Waals surface area contributed by atoms with Gasteiger partial charge in [-0.3, -0.25) is 19.5 Å². The molecule has 0 saturated carbocycles. The zero-order valence-corrected chi connectivity index (χ0v) is 16.7. The van der Waals surface area contributed by atoms with Crippen molar-refractivity contribution in [3.8, 4) is 11.4 Å². The number of nitrogens with one attached hydrogen (secondary N) is 1. The largest absolute Gasteiger partial charge is 0.469 e. The summed E-state index contributed by atoms with van der Waals surface area (Å²) in [5.74, 6) is 1.13. The van der Waals surface area contributed by atoms with Crippen LogP contribution in [0.25, 0.3) is 11.4 Å². The van der Waals surface area contributed by atoms with E-state index in [1.54, 1.807) is 25.3 Å². The van der Waals surface area contributed by atoms with Crippen LogP contribution in [-0.2, 0) is 11.3 Å². The SMILES string of the molecule is C=CCn1c(SCC(=O)Nc2cccc([N+](=O)[O-])c2C)nnc1-c1ccoc1C. The van der Waals surface area contributed by atoms with Gasteiger partial charge in [0.15, 0.2) is 11.0 Å². The number of hydrogen-bond acceptors (Lipinski definition) is 7. The van der Waals surface area contributed by atoms with Crippen molar-refractivity contribution in [1.82, 2.24) is 14.8 Å². The standard InChI is InChI=1S/C19H19N5O4S/c1-4-9-23-18(14-8-10-28-13(14)3)21-22-19(23)29-11-17(25)20-15-6-5-7-16(12(15)2)24(26)27/h4-8,10H,1,9,11H2,2-3H3,(H,20,25). The number of furan rings is 1. The molecule has 0 saturated heterocycles. The molecule has 0 aliphatic heterocycles. The summed E-state index contributed by atoms with van der Waals surface area (Å²) in [4.78, 5) is 23.0. The highest BCUT2D eigenvalue weighted by molar-refractivity contribution is 7.99. The quantitative estimate of drug-likeness (QED) is 0.257. The molecule has 0 atom stereocenters. The Morgan fingerprint density at radius 3 is 2.83 bits per heavy atom. The van der Waals surface area contributed by atoms with Gasteiger partial charge in [0.1, 0.15) is 5.76 Å². The van der Waals surface area contributed by atoms with Crippen molar-refractivity contribution in [2.45, 2.75) is 25.5 Å². The van der Waals surface area contributed by atoms with E-state index in [1.807, 2.05) is 17.6 Å². The third-order valence-corrected chi connectivity index (χ3v) is 5.20. The monoisotopic (exact) mass is 413 g/mol. The molecule has 0 unspecified atom stereocenters. The lowest BCUT2D eigenvalue weighted by atomic mass is 10.1. The van der Waals surface area contributed by atoms with Crippen LogP contribution in [0.5, 0.6) is 0 Å². The number of carbonyl (C=O) groups excluding carboxylic acids is 1. The van der Waals surface area contributed by atoms with E-state index in [1.165, 1.54) is 23.9 Å². The Kier molecular flexibility index (Phi) is 6.13. The average Bonchev–Trinajstić information content (AvgIpc) is 3.27. The maximum atomic E-state index is 12.4. The van der Waals surface area contributed by atoms with Gasteiger partial charge in [0.05, 0.1) is 33.8 Å². The number of aryl methyl sites for hydroxylation is 1. The van der Waals surface area contributed by atoms with Crippen molar-refractivity contribution in [1.29, 1.82) is 0 Å². The van der Waals surface area contributed by atoms with Gasteiger partial charge in [-0.2, -0.15) is 0 Å². The number of allylic oxidation sites excluding steroid dienone is 1. The Hall–Kier alpha value is -3.40. The van der Waals surface area contributed by atoms with E-state index in [-0.39, 0.29) is 17.3 Å². The van der Waals surface area contributed by atoms with Crippen molar-refractivity contribution in [2.75, 3.05) is 11.1 Å². The van der Waals surface area contributed by atoms with Gasteiger partial charge in [0, 0.05) is 12.6 Å². The minimum absolute atomic E-state index is 0.0405. The molecule has 2 aromatic heterocycles. The van der Waals surface area contributed by atoms with E-state index in [4.69, 9.17) is 4.42 Å². The number of thioether (sulfide) groups is 1. The molecule has 2 heterocycles. The van der Waals surface area contributed by atoms with Crippen molar-refractivity contribution in [3.05, 3.63) is 64.6 Å². The highest BCUT2D eigenvalue weighted by Gasteiger charge is 2.19. The lowest BCUT2D eigenvalue weighted by Crippen LogP contribution is -2.15. The summed E-state index contributed by atoms with van der Waals surface area (Å²) >= 11 is 1.22. The third kappa shape index (κ3) is 4.37. The first-order chi connectivity index (χ1) is 13.9. The molecule has 0 fully saturated rings. The minimum Gasteiger partial charge on any atom is -0.469 e. The molecule has 10 heteroatoms. The first-order valence-corrected chi connectivity index (χ1v) is 9.66. The van der Waals surface area contributed by atoms with Gasteiger partial charge in [-0.1, -0.05) is 23.9 Å². The van der Waals surface area contributed by atoms with Gasteiger partial charge in [-0.05, 0) is 26.0 Å². The molecule has 0 aliphatic carbocycles. The number of carbonyl (C=O) groups is 1. The number of anilines is 1. The second-order valence-corrected chi connectivity index (χ2v) is 7.08. The first kappa shape index (κ1) is 20.3. The van der Waals surface area contributed by atoms with Crippen molar-refractivity contribution in [2.24, 2.45) is 0 Å². The van der Waals surface area contributed by atoms with Crippen LogP contribution in [0.3, 0.4) is 0 Å². The molecule has 1 N–H and O–H groups in total. The van der Waals surface area contributed by atoms with Crippen LogP contribution in [0.4, 0.5) is 11.4 Å². The topological polar surface area (TPSA) is 116 Å². The lowest BCUT2D eigenvalue weighted by molar-refractivity contribution is -0.385. The Morgan fingerprint density at radius 1 is 1.38 bits per heavy atom. The molecular weight excluding hydrogens is 394 g/mol. The number of benzene rings is 1. The molecule has 0 radical (unpaired) electrons. The van der Waals surface area contributed by atoms with Crippen molar-refractivity contribution < 1.29 is 14.1 Å². The van der Waals surface area contributed by atoms with Gasteiger partial charge in [0.2, 0.25) is 5.91 Å². The van der Waals surface area contributed by atoms with E-state index < -0.39 is 4.92 Å². The first-order valence-electron chi connectivity index (χ1n) is 8.67. The Balaban J connectivity index is 1.73. The number of nitro groups is 1. The predicted molar refractivity (Wildman–Crippen MR) is 110 cm³/mol. The maximum Gasteiger partial charge on any atom is 0.274 e. The fourth-order valence-corrected chi connectivity index (χ4v) is 3.53. The van der Waals surface area contributed by atoms with Crippen LogP contribution >= 0.6 is 11.8 Å². The molecule has 150 valence electrons. The van der Waals surface area contributed by atoms with Crippen LogP contribution in [0.2, 0.25) is 0 Å². The summed E-state index contributed by atoms with van der Waals surface area (Å²) in [5.41, 5.74) is 1.60. The van der Waals surface area contributed by atoms with Gasteiger partial charge < -0.3 is 9.73 Å². The summed E-state index contributed by atoms with van der Waals surface area (Å²) in [6.45, 7) is 7.67. The van der Waals surface area contributed by atoms with Crippen LogP contribution < -0.4 is 5.32 Å². The number of nitrogens with zero attached hydrogens (tertiary/aromatic N) is 4. The van der Waals surface area contributed by atoms with Gasteiger partial charge in [-0.25, -0.2) is 0 Å². The van der Waals surface area contributed by atoms with Crippen LogP contribution in [0.15, 0.2) is 52.8 Å². The Morgan fingerprint density at radius 2 is 2.17 bits per heavy atom. The average molecular weight is 413 g/mol. The van der Waals surface area contributed by atoms with Crippen LogP contribution in [0.1, 0.15) is 11.3 Å². The van der Waals surface area contributed by atoms with E-state index in [2.05, 4.69) is 22.1 Å². The fourth-order valence-electron chi connectivity index (χ4n) is 2.78. The zero-order chi connectivity index (χ0) is 21.0. The van der Waals surface area contributed by atoms with Gasteiger partial charge in [-0.15, -0.1) is 16.8 Å². The zero-order valence-electron chi connectivity index (χ0n) is 15.9. The second kappa shape index (κ2) is 8.74. The normalized spacial score (nSPS) is 10.7. The fraction of sp³-hybridized carbons (Fsp3) is 0.211. The summed E-state index contributed by atoms with van der Waals surface area (Å²) in [6.07, 6.45) is 3.30.